The molecule has 0 bridgehead atoms. The maximum absolute atomic E-state index is 12.2. The highest BCUT2D eigenvalue weighted by molar-refractivity contribution is 6.32. The van der Waals surface area contributed by atoms with Crippen LogP contribution in [0, 0.1) is 0 Å². The minimum Gasteiger partial charge on any atom is -0.495 e. The number of hydrogen-bond donors (Lipinski definition) is 1. The van der Waals surface area contributed by atoms with Crippen LogP contribution in [0.25, 0.3) is 11.0 Å². The van der Waals surface area contributed by atoms with Gasteiger partial charge in [-0.2, -0.15) is 0 Å². The third-order valence-corrected chi connectivity index (χ3v) is 3.93. The number of ether oxygens (including phenoxy) is 1. The number of carbonyl (C=O) groups excluding carboxylic acids is 1. The number of anilines is 1. The van der Waals surface area contributed by atoms with Gasteiger partial charge in [-0.3, -0.25) is 4.79 Å². The SMILES string of the molecule is COc1ccc(NC(=O)Cc2coc3ccc(Cl)cc23)cc1Cl. The number of methoxy groups -OCH3 is 1. The molecule has 0 atom stereocenters. The summed E-state index contributed by atoms with van der Waals surface area (Å²) < 4.78 is 10.5. The average Bonchev–Trinajstić information content (AvgIpc) is 2.89. The van der Waals surface area contributed by atoms with Crippen LogP contribution in [-0.4, -0.2) is 13.0 Å². The fourth-order valence-corrected chi connectivity index (χ4v) is 2.74. The van der Waals surface area contributed by atoms with Crippen molar-refractivity contribution >= 4 is 45.8 Å². The molecule has 0 fully saturated rings. The highest BCUT2D eigenvalue weighted by atomic mass is 35.5. The summed E-state index contributed by atoms with van der Waals surface area (Å²) in [6.07, 6.45) is 1.75. The molecule has 0 unspecified atom stereocenters. The number of carbonyl (C=O) groups is 1. The zero-order chi connectivity index (χ0) is 16.4. The van der Waals surface area contributed by atoms with E-state index in [2.05, 4.69) is 5.32 Å². The maximum Gasteiger partial charge on any atom is 0.228 e. The van der Waals surface area contributed by atoms with Crippen molar-refractivity contribution in [3.05, 3.63) is 58.3 Å². The smallest absolute Gasteiger partial charge is 0.228 e. The molecule has 0 saturated carbocycles. The van der Waals surface area contributed by atoms with Gasteiger partial charge in [0.25, 0.3) is 0 Å². The number of halogens is 2. The Morgan fingerprint density at radius 1 is 1.22 bits per heavy atom. The summed E-state index contributed by atoms with van der Waals surface area (Å²) in [6, 6.07) is 10.4. The van der Waals surface area contributed by atoms with Gasteiger partial charge in [0, 0.05) is 21.7 Å². The van der Waals surface area contributed by atoms with Crippen LogP contribution in [0.3, 0.4) is 0 Å². The molecule has 23 heavy (non-hydrogen) atoms. The molecule has 6 heteroatoms. The number of furan rings is 1. The Balaban J connectivity index is 1.76. The predicted molar refractivity (Wildman–Crippen MR) is 91.6 cm³/mol. The van der Waals surface area contributed by atoms with Gasteiger partial charge in [0.1, 0.15) is 11.3 Å². The molecule has 1 heterocycles. The topological polar surface area (TPSA) is 51.5 Å². The minimum absolute atomic E-state index is 0.172. The standard InChI is InChI=1S/C17H13Cl2NO3/c1-22-16-5-3-12(8-14(16)19)20-17(21)6-10-9-23-15-4-2-11(18)7-13(10)15/h2-5,7-9H,6H2,1H3,(H,20,21). The highest BCUT2D eigenvalue weighted by Gasteiger charge is 2.12. The molecular formula is C17H13Cl2NO3. The molecule has 0 spiro atoms. The van der Waals surface area contributed by atoms with Crippen LogP contribution in [0.2, 0.25) is 10.0 Å². The zero-order valence-corrected chi connectivity index (χ0v) is 13.7. The maximum atomic E-state index is 12.2. The van der Waals surface area contributed by atoms with Crippen LogP contribution in [0.4, 0.5) is 5.69 Å². The van der Waals surface area contributed by atoms with Crippen LogP contribution in [-0.2, 0) is 11.2 Å². The van der Waals surface area contributed by atoms with E-state index in [9.17, 15) is 4.79 Å². The lowest BCUT2D eigenvalue weighted by Gasteiger charge is -2.07. The monoisotopic (exact) mass is 349 g/mol. The molecule has 0 aliphatic heterocycles. The molecular weight excluding hydrogens is 337 g/mol. The molecule has 1 aromatic heterocycles. The third-order valence-electron chi connectivity index (χ3n) is 3.40. The van der Waals surface area contributed by atoms with Crippen molar-refractivity contribution in [1.29, 1.82) is 0 Å². The quantitative estimate of drug-likeness (QED) is 0.726. The van der Waals surface area contributed by atoms with Crippen molar-refractivity contribution in [3.63, 3.8) is 0 Å². The van der Waals surface area contributed by atoms with E-state index in [1.54, 1.807) is 42.7 Å². The number of rotatable bonds is 4. The molecule has 0 radical (unpaired) electrons. The van der Waals surface area contributed by atoms with E-state index in [0.29, 0.717) is 27.1 Å². The first-order valence-electron chi connectivity index (χ1n) is 6.86. The summed E-state index contributed by atoms with van der Waals surface area (Å²) in [7, 11) is 1.54. The number of fused-ring (bicyclic) bond motifs is 1. The van der Waals surface area contributed by atoms with Crippen LogP contribution in [0.5, 0.6) is 5.75 Å². The second-order valence-electron chi connectivity index (χ2n) is 4.98. The Labute approximate surface area is 142 Å². The van der Waals surface area contributed by atoms with Crippen molar-refractivity contribution in [2.45, 2.75) is 6.42 Å². The van der Waals surface area contributed by atoms with Gasteiger partial charge >= 0.3 is 0 Å². The molecule has 3 aromatic rings. The van der Waals surface area contributed by atoms with E-state index < -0.39 is 0 Å². The van der Waals surface area contributed by atoms with E-state index in [4.69, 9.17) is 32.4 Å². The molecule has 0 aliphatic carbocycles. The number of benzene rings is 2. The first kappa shape index (κ1) is 15.7. The minimum atomic E-state index is -0.172. The Hall–Kier alpha value is -2.17. The molecule has 1 N–H and O–H groups in total. The molecule has 1 amide bonds. The zero-order valence-electron chi connectivity index (χ0n) is 12.2. The Kier molecular flexibility index (Phi) is 4.46. The molecule has 0 saturated heterocycles. The van der Waals surface area contributed by atoms with Crippen LogP contribution in [0.1, 0.15) is 5.56 Å². The van der Waals surface area contributed by atoms with E-state index in [1.165, 1.54) is 7.11 Å². The van der Waals surface area contributed by atoms with Gasteiger partial charge in [-0.15, -0.1) is 0 Å². The lowest BCUT2D eigenvalue weighted by molar-refractivity contribution is -0.115. The van der Waals surface area contributed by atoms with Crippen molar-refractivity contribution < 1.29 is 13.9 Å². The molecule has 0 aliphatic rings. The Bertz CT molecular complexity index is 873. The van der Waals surface area contributed by atoms with Gasteiger partial charge in [-0.05, 0) is 36.4 Å². The molecule has 4 nitrogen and oxygen atoms in total. The first-order valence-corrected chi connectivity index (χ1v) is 7.61. The molecule has 2 aromatic carbocycles. The van der Waals surface area contributed by atoms with Gasteiger partial charge in [0.2, 0.25) is 5.91 Å². The van der Waals surface area contributed by atoms with Crippen LogP contribution < -0.4 is 10.1 Å². The summed E-state index contributed by atoms with van der Waals surface area (Å²) in [5.74, 6) is 0.383. The summed E-state index contributed by atoms with van der Waals surface area (Å²) in [4.78, 5) is 12.2. The number of nitrogens with one attached hydrogen (secondary N) is 1. The average molecular weight is 350 g/mol. The Morgan fingerprint density at radius 2 is 2.04 bits per heavy atom. The fraction of sp³-hybridized carbons (Fsp3) is 0.118. The summed E-state index contributed by atoms with van der Waals surface area (Å²) >= 11 is 12.0. The van der Waals surface area contributed by atoms with Crippen molar-refractivity contribution in [2.75, 3.05) is 12.4 Å². The van der Waals surface area contributed by atoms with Gasteiger partial charge in [0.15, 0.2) is 0 Å². The van der Waals surface area contributed by atoms with Crippen LogP contribution in [0.15, 0.2) is 47.1 Å². The van der Waals surface area contributed by atoms with Crippen molar-refractivity contribution in [1.82, 2.24) is 0 Å². The summed E-state index contributed by atoms with van der Waals surface area (Å²) in [6.45, 7) is 0. The van der Waals surface area contributed by atoms with Gasteiger partial charge < -0.3 is 14.5 Å². The van der Waals surface area contributed by atoms with E-state index in [1.807, 2.05) is 0 Å². The third kappa shape index (κ3) is 3.44. The van der Waals surface area contributed by atoms with Crippen molar-refractivity contribution in [3.8, 4) is 5.75 Å². The number of amides is 1. The largest absolute Gasteiger partial charge is 0.495 e. The fourth-order valence-electron chi connectivity index (χ4n) is 2.31. The van der Waals surface area contributed by atoms with Gasteiger partial charge in [0.05, 0.1) is 24.8 Å². The number of hydrogen-bond acceptors (Lipinski definition) is 3. The normalized spacial score (nSPS) is 10.7. The van der Waals surface area contributed by atoms with Crippen LogP contribution >= 0.6 is 23.2 Å². The molecule has 3 rings (SSSR count). The van der Waals surface area contributed by atoms with Gasteiger partial charge in [-0.1, -0.05) is 23.2 Å². The lowest BCUT2D eigenvalue weighted by atomic mass is 10.1. The predicted octanol–water partition coefficient (Wildman–Crippen LogP) is 4.93. The van der Waals surface area contributed by atoms with E-state index in [-0.39, 0.29) is 12.3 Å². The Morgan fingerprint density at radius 3 is 2.78 bits per heavy atom. The summed E-state index contributed by atoms with van der Waals surface area (Å²) in [5.41, 5.74) is 2.08. The lowest BCUT2D eigenvalue weighted by Crippen LogP contribution is -2.14. The van der Waals surface area contributed by atoms with Crippen molar-refractivity contribution in [2.24, 2.45) is 0 Å². The van der Waals surface area contributed by atoms with E-state index in [0.717, 1.165) is 10.9 Å². The second kappa shape index (κ2) is 6.52. The summed E-state index contributed by atoms with van der Waals surface area (Å²) in [5, 5.41) is 4.67. The van der Waals surface area contributed by atoms with E-state index >= 15 is 0 Å². The van der Waals surface area contributed by atoms with Gasteiger partial charge in [-0.25, -0.2) is 0 Å². The second-order valence-corrected chi connectivity index (χ2v) is 5.82. The highest BCUT2D eigenvalue weighted by Crippen LogP contribution is 2.28. The molecule has 118 valence electrons. The first-order chi connectivity index (χ1) is 11.1.